The largest absolute Gasteiger partial charge is 0.354 e. The van der Waals surface area contributed by atoms with E-state index in [0.717, 1.165) is 36.3 Å². The molecule has 1 saturated heterocycles. The minimum absolute atomic E-state index is 0.0913. The molecular formula is C24H28N4O2. The smallest absolute Gasteiger partial charge is 0.275 e. The van der Waals surface area contributed by atoms with E-state index in [2.05, 4.69) is 22.2 Å². The number of aromatic nitrogens is 2. The van der Waals surface area contributed by atoms with Gasteiger partial charge in [0.15, 0.2) is 5.82 Å². The van der Waals surface area contributed by atoms with Crippen LogP contribution in [-0.2, 0) is 17.9 Å². The summed E-state index contributed by atoms with van der Waals surface area (Å²) in [5.74, 6) is 1.15. The highest BCUT2D eigenvalue weighted by Crippen LogP contribution is 2.26. The summed E-state index contributed by atoms with van der Waals surface area (Å²) >= 11 is 0. The lowest BCUT2D eigenvalue weighted by Crippen LogP contribution is -2.38. The highest BCUT2D eigenvalue weighted by atomic mass is 16.2. The van der Waals surface area contributed by atoms with Gasteiger partial charge in [-0.2, -0.15) is 5.10 Å². The molecule has 6 nitrogen and oxygen atoms in total. The lowest BCUT2D eigenvalue weighted by Gasteiger charge is -2.32. The van der Waals surface area contributed by atoms with Crippen LogP contribution in [0.3, 0.4) is 0 Å². The number of fused-ring (bicyclic) bond motifs is 1. The van der Waals surface area contributed by atoms with E-state index in [4.69, 9.17) is 0 Å². The van der Waals surface area contributed by atoms with Gasteiger partial charge in [-0.25, -0.2) is 4.68 Å². The number of anilines is 1. The van der Waals surface area contributed by atoms with Crippen LogP contribution in [0.5, 0.6) is 0 Å². The Morgan fingerprint density at radius 3 is 2.60 bits per heavy atom. The molecule has 2 aromatic carbocycles. The van der Waals surface area contributed by atoms with Crippen LogP contribution in [0.15, 0.2) is 53.3 Å². The third-order valence-electron chi connectivity index (χ3n) is 5.71. The first-order valence-electron chi connectivity index (χ1n) is 10.6. The molecule has 30 heavy (non-hydrogen) atoms. The van der Waals surface area contributed by atoms with Crippen molar-refractivity contribution in [2.75, 3.05) is 18.0 Å². The normalized spacial score (nSPS) is 16.6. The summed E-state index contributed by atoms with van der Waals surface area (Å²) in [6.45, 7) is 6.43. The minimum Gasteiger partial charge on any atom is -0.354 e. The van der Waals surface area contributed by atoms with Crippen LogP contribution in [0, 0.1) is 12.8 Å². The molecule has 1 atom stereocenters. The number of aryl methyl sites for hydroxylation is 1. The Kier molecular flexibility index (Phi) is 5.84. The maximum Gasteiger partial charge on any atom is 0.275 e. The molecule has 0 saturated carbocycles. The molecule has 0 aliphatic carbocycles. The SMILES string of the molecule is Cc1ccc(CNC(=O)Cn2nc(N3CCC[C@H](C)C3)c3ccccc3c2=O)cc1. The predicted molar refractivity (Wildman–Crippen MR) is 120 cm³/mol. The summed E-state index contributed by atoms with van der Waals surface area (Å²) in [5.41, 5.74) is 1.97. The maximum absolute atomic E-state index is 13.0. The van der Waals surface area contributed by atoms with Crippen LogP contribution >= 0.6 is 0 Å². The summed E-state index contributed by atoms with van der Waals surface area (Å²) in [6, 6.07) is 15.6. The van der Waals surface area contributed by atoms with Crippen molar-refractivity contribution in [3.63, 3.8) is 0 Å². The van der Waals surface area contributed by atoms with Crippen molar-refractivity contribution in [3.05, 3.63) is 70.0 Å². The third-order valence-corrected chi connectivity index (χ3v) is 5.71. The van der Waals surface area contributed by atoms with Crippen molar-refractivity contribution in [2.45, 2.75) is 39.8 Å². The van der Waals surface area contributed by atoms with Gasteiger partial charge in [0.25, 0.3) is 5.56 Å². The van der Waals surface area contributed by atoms with Crippen LogP contribution in [0.1, 0.15) is 30.9 Å². The van der Waals surface area contributed by atoms with Gasteiger partial charge in [-0.15, -0.1) is 0 Å². The van der Waals surface area contributed by atoms with E-state index in [9.17, 15) is 9.59 Å². The van der Waals surface area contributed by atoms with Crippen LogP contribution in [-0.4, -0.2) is 28.8 Å². The summed E-state index contributed by atoms with van der Waals surface area (Å²) in [5, 5.41) is 8.99. The number of nitrogens with one attached hydrogen (secondary N) is 1. The Labute approximate surface area is 176 Å². The van der Waals surface area contributed by atoms with Gasteiger partial charge in [-0.1, -0.05) is 55.0 Å². The van der Waals surface area contributed by atoms with E-state index in [1.165, 1.54) is 16.7 Å². The number of carbonyl (C=O) groups is 1. The Morgan fingerprint density at radius 2 is 1.87 bits per heavy atom. The molecule has 1 fully saturated rings. The molecule has 0 spiro atoms. The molecule has 6 heteroatoms. The molecule has 1 aromatic heterocycles. The number of piperidine rings is 1. The van der Waals surface area contributed by atoms with Crippen LogP contribution < -0.4 is 15.8 Å². The summed E-state index contributed by atoms with van der Waals surface area (Å²) in [7, 11) is 0. The predicted octanol–water partition coefficient (Wildman–Crippen LogP) is 3.26. The molecule has 1 aliphatic heterocycles. The first-order valence-corrected chi connectivity index (χ1v) is 10.6. The van der Waals surface area contributed by atoms with Crippen molar-refractivity contribution in [2.24, 2.45) is 5.92 Å². The van der Waals surface area contributed by atoms with Crippen LogP contribution in [0.2, 0.25) is 0 Å². The quantitative estimate of drug-likeness (QED) is 0.709. The van der Waals surface area contributed by atoms with Gasteiger partial charge in [0.1, 0.15) is 6.54 Å². The number of hydrogen-bond donors (Lipinski definition) is 1. The lowest BCUT2D eigenvalue weighted by molar-refractivity contribution is -0.122. The molecule has 0 bridgehead atoms. The highest BCUT2D eigenvalue weighted by Gasteiger charge is 2.22. The molecule has 4 rings (SSSR count). The minimum atomic E-state index is -0.232. The summed E-state index contributed by atoms with van der Waals surface area (Å²) in [6.07, 6.45) is 2.31. The number of benzene rings is 2. The zero-order valence-electron chi connectivity index (χ0n) is 17.6. The average molecular weight is 405 g/mol. The van der Waals surface area contributed by atoms with Gasteiger partial charge in [0.2, 0.25) is 5.91 Å². The Morgan fingerprint density at radius 1 is 1.13 bits per heavy atom. The molecule has 1 N–H and O–H groups in total. The standard InChI is InChI=1S/C24H28N4O2/c1-17-9-11-19(12-10-17)14-25-22(29)16-28-24(30)21-8-4-3-7-20(21)23(26-28)27-13-5-6-18(2)15-27/h3-4,7-12,18H,5-6,13-16H2,1-2H3,(H,25,29)/t18-/m0/s1. The fourth-order valence-corrected chi connectivity index (χ4v) is 4.04. The van der Waals surface area contributed by atoms with Gasteiger partial charge < -0.3 is 10.2 Å². The molecule has 1 amide bonds. The van der Waals surface area contributed by atoms with Crippen LogP contribution in [0.4, 0.5) is 5.82 Å². The second-order valence-corrected chi connectivity index (χ2v) is 8.29. The second kappa shape index (κ2) is 8.69. The van der Waals surface area contributed by atoms with Crippen molar-refractivity contribution >= 4 is 22.5 Å². The molecule has 0 unspecified atom stereocenters. The van der Waals surface area contributed by atoms with Gasteiger partial charge in [-0.05, 0) is 37.3 Å². The van der Waals surface area contributed by atoms with Crippen molar-refractivity contribution in [3.8, 4) is 0 Å². The second-order valence-electron chi connectivity index (χ2n) is 8.29. The van der Waals surface area contributed by atoms with E-state index in [1.807, 2.05) is 55.5 Å². The Bertz CT molecular complexity index is 1100. The van der Waals surface area contributed by atoms with Crippen molar-refractivity contribution in [1.29, 1.82) is 0 Å². The number of nitrogens with zero attached hydrogens (tertiary/aromatic N) is 3. The molecule has 1 aliphatic rings. The Hall–Kier alpha value is -3.15. The maximum atomic E-state index is 13.0. The Balaban J connectivity index is 1.58. The van der Waals surface area contributed by atoms with Gasteiger partial charge >= 0.3 is 0 Å². The first-order chi connectivity index (χ1) is 14.5. The molecular weight excluding hydrogens is 376 g/mol. The zero-order valence-corrected chi connectivity index (χ0v) is 17.6. The van der Waals surface area contributed by atoms with E-state index < -0.39 is 0 Å². The van der Waals surface area contributed by atoms with E-state index >= 15 is 0 Å². The zero-order chi connectivity index (χ0) is 21.1. The van der Waals surface area contributed by atoms with E-state index in [0.29, 0.717) is 17.8 Å². The van der Waals surface area contributed by atoms with Crippen molar-refractivity contribution < 1.29 is 4.79 Å². The monoisotopic (exact) mass is 404 g/mol. The van der Waals surface area contributed by atoms with E-state index in [1.54, 1.807) is 0 Å². The third kappa shape index (κ3) is 4.37. The molecule has 3 aromatic rings. The average Bonchev–Trinajstić information content (AvgIpc) is 2.75. The van der Waals surface area contributed by atoms with Gasteiger partial charge in [0, 0.05) is 25.0 Å². The highest BCUT2D eigenvalue weighted by molar-refractivity contribution is 5.91. The van der Waals surface area contributed by atoms with Crippen molar-refractivity contribution in [1.82, 2.24) is 15.1 Å². The number of amides is 1. The molecule has 156 valence electrons. The lowest BCUT2D eigenvalue weighted by atomic mass is 10.00. The molecule has 0 radical (unpaired) electrons. The summed E-state index contributed by atoms with van der Waals surface area (Å²) < 4.78 is 1.31. The van der Waals surface area contributed by atoms with Gasteiger partial charge in [-0.3, -0.25) is 9.59 Å². The molecule has 2 heterocycles. The topological polar surface area (TPSA) is 67.2 Å². The number of hydrogen-bond acceptors (Lipinski definition) is 4. The first kappa shape index (κ1) is 20.1. The number of rotatable bonds is 5. The fraction of sp³-hybridized carbons (Fsp3) is 0.375. The van der Waals surface area contributed by atoms with Crippen LogP contribution in [0.25, 0.3) is 10.8 Å². The fourth-order valence-electron chi connectivity index (χ4n) is 4.04. The summed E-state index contributed by atoms with van der Waals surface area (Å²) in [4.78, 5) is 27.8. The van der Waals surface area contributed by atoms with E-state index in [-0.39, 0.29) is 18.0 Å². The number of carbonyl (C=O) groups excluding carboxylic acids is 1. The van der Waals surface area contributed by atoms with Gasteiger partial charge in [0.05, 0.1) is 5.39 Å².